The van der Waals surface area contributed by atoms with Crippen LogP contribution in [0.1, 0.15) is 23.7 Å². The molecule has 0 bridgehead atoms. The summed E-state index contributed by atoms with van der Waals surface area (Å²) in [6.45, 7) is 1.63. The van der Waals surface area contributed by atoms with Gasteiger partial charge in [0.05, 0.1) is 6.10 Å². The normalized spacial score (nSPS) is 15.0. The van der Waals surface area contributed by atoms with E-state index in [4.69, 9.17) is 0 Å². The van der Waals surface area contributed by atoms with Crippen molar-refractivity contribution in [2.45, 2.75) is 25.6 Å². The van der Waals surface area contributed by atoms with Crippen LogP contribution in [0.15, 0.2) is 18.2 Å². The maximum Gasteiger partial charge on any atom is 0.132 e. The van der Waals surface area contributed by atoms with Gasteiger partial charge in [0.25, 0.3) is 0 Å². The van der Waals surface area contributed by atoms with E-state index in [2.05, 4.69) is 15.9 Å². The predicted molar refractivity (Wildman–Crippen MR) is 60.5 cm³/mol. The SMILES string of the molecule is Cc1cccc(C(O)C(O)CCBr)c1F. The molecule has 0 aromatic heterocycles. The van der Waals surface area contributed by atoms with Crippen molar-refractivity contribution < 1.29 is 14.6 Å². The van der Waals surface area contributed by atoms with Gasteiger partial charge < -0.3 is 10.2 Å². The fraction of sp³-hybridized carbons (Fsp3) is 0.455. The van der Waals surface area contributed by atoms with Gasteiger partial charge in [-0.1, -0.05) is 34.1 Å². The minimum Gasteiger partial charge on any atom is -0.390 e. The molecule has 2 N–H and O–H groups in total. The first kappa shape index (κ1) is 12.6. The summed E-state index contributed by atoms with van der Waals surface area (Å²) in [5.74, 6) is -0.446. The lowest BCUT2D eigenvalue weighted by Gasteiger charge is -2.18. The molecule has 0 heterocycles. The third-order valence-corrected chi connectivity index (χ3v) is 2.77. The van der Waals surface area contributed by atoms with E-state index < -0.39 is 18.0 Å². The molecule has 0 saturated heterocycles. The molecule has 0 saturated carbocycles. The van der Waals surface area contributed by atoms with E-state index in [1.165, 1.54) is 6.07 Å². The molecule has 0 aliphatic rings. The molecule has 1 aromatic rings. The Morgan fingerprint density at radius 3 is 2.67 bits per heavy atom. The fourth-order valence-corrected chi connectivity index (χ4v) is 1.84. The fourth-order valence-electron chi connectivity index (χ4n) is 1.38. The van der Waals surface area contributed by atoms with E-state index in [0.29, 0.717) is 17.3 Å². The van der Waals surface area contributed by atoms with E-state index >= 15 is 0 Å². The average Bonchev–Trinajstić information content (AvgIpc) is 2.21. The van der Waals surface area contributed by atoms with Crippen LogP contribution in [0.4, 0.5) is 4.39 Å². The summed E-state index contributed by atoms with van der Waals surface area (Å²) >= 11 is 3.16. The van der Waals surface area contributed by atoms with E-state index in [0.717, 1.165) is 0 Å². The molecular formula is C11H14BrFO2. The smallest absolute Gasteiger partial charge is 0.132 e. The van der Waals surface area contributed by atoms with E-state index in [1.54, 1.807) is 19.1 Å². The Morgan fingerprint density at radius 2 is 2.07 bits per heavy atom. The van der Waals surface area contributed by atoms with Gasteiger partial charge in [0.15, 0.2) is 0 Å². The van der Waals surface area contributed by atoms with Crippen LogP contribution in [0.3, 0.4) is 0 Å². The van der Waals surface area contributed by atoms with Gasteiger partial charge in [-0.3, -0.25) is 0 Å². The number of hydrogen-bond acceptors (Lipinski definition) is 2. The number of halogens is 2. The highest BCUT2D eigenvalue weighted by Crippen LogP contribution is 2.23. The number of benzene rings is 1. The second-order valence-electron chi connectivity index (χ2n) is 3.47. The Hall–Kier alpha value is -0.450. The van der Waals surface area contributed by atoms with Gasteiger partial charge in [-0.25, -0.2) is 4.39 Å². The van der Waals surface area contributed by atoms with E-state index in [1.807, 2.05) is 0 Å². The second kappa shape index (κ2) is 5.58. The van der Waals surface area contributed by atoms with Crippen molar-refractivity contribution in [1.82, 2.24) is 0 Å². The summed E-state index contributed by atoms with van der Waals surface area (Å²) < 4.78 is 13.6. The maximum atomic E-state index is 13.6. The standard InChI is InChI=1S/C11H14BrFO2/c1-7-3-2-4-8(10(7)13)11(15)9(14)5-6-12/h2-4,9,11,14-15H,5-6H2,1H3. The number of alkyl halides is 1. The summed E-state index contributed by atoms with van der Waals surface area (Å²) in [6, 6.07) is 4.78. The van der Waals surface area contributed by atoms with Gasteiger partial charge in [-0.2, -0.15) is 0 Å². The largest absolute Gasteiger partial charge is 0.390 e. The molecule has 0 radical (unpaired) electrons. The molecule has 0 aliphatic carbocycles. The lowest BCUT2D eigenvalue weighted by molar-refractivity contribution is 0.0152. The zero-order valence-electron chi connectivity index (χ0n) is 8.45. The van der Waals surface area contributed by atoms with Crippen molar-refractivity contribution >= 4 is 15.9 Å². The van der Waals surface area contributed by atoms with Crippen molar-refractivity contribution in [3.63, 3.8) is 0 Å². The second-order valence-corrected chi connectivity index (χ2v) is 4.26. The molecule has 0 spiro atoms. The van der Waals surface area contributed by atoms with Crippen LogP contribution in [0.2, 0.25) is 0 Å². The number of aliphatic hydroxyl groups is 2. The van der Waals surface area contributed by atoms with Crippen LogP contribution in [-0.2, 0) is 0 Å². The molecule has 0 aliphatic heterocycles. The first-order valence-electron chi connectivity index (χ1n) is 4.75. The number of aryl methyl sites for hydroxylation is 1. The zero-order chi connectivity index (χ0) is 11.4. The summed E-state index contributed by atoms with van der Waals surface area (Å²) in [4.78, 5) is 0. The van der Waals surface area contributed by atoms with Crippen molar-refractivity contribution in [1.29, 1.82) is 0 Å². The van der Waals surface area contributed by atoms with Crippen LogP contribution in [0.5, 0.6) is 0 Å². The van der Waals surface area contributed by atoms with Crippen LogP contribution in [-0.4, -0.2) is 21.6 Å². The van der Waals surface area contributed by atoms with Crippen LogP contribution < -0.4 is 0 Å². The predicted octanol–water partition coefficient (Wildman–Crippen LogP) is 2.31. The number of hydrogen-bond donors (Lipinski definition) is 2. The van der Waals surface area contributed by atoms with Gasteiger partial charge in [-0.05, 0) is 18.9 Å². The van der Waals surface area contributed by atoms with E-state index in [9.17, 15) is 14.6 Å². The Bertz CT molecular complexity index is 330. The molecule has 15 heavy (non-hydrogen) atoms. The van der Waals surface area contributed by atoms with Crippen molar-refractivity contribution in [2.75, 3.05) is 5.33 Å². The Kier molecular flexibility index (Phi) is 4.70. The topological polar surface area (TPSA) is 40.5 Å². The van der Waals surface area contributed by atoms with Crippen LogP contribution in [0.25, 0.3) is 0 Å². The number of aliphatic hydroxyl groups excluding tert-OH is 2. The van der Waals surface area contributed by atoms with Crippen molar-refractivity contribution in [3.05, 3.63) is 35.1 Å². The van der Waals surface area contributed by atoms with Crippen molar-refractivity contribution in [2.24, 2.45) is 0 Å². The lowest BCUT2D eigenvalue weighted by Crippen LogP contribution is -2.19. The molecule has 2 unspecified atom stereocenters. The maximum absolute atomic E-state index is 13.6. The highest BCUT2D eigenvalue weighted by atomic mass is 79.9. The summed E-state index contributed by atoms with van der Waals surface area (Å²) in [7, 11) is 0. The molecule has 0 amide bonds. The highest BCUT2D eigenvalue weighted by Gasteiger charge is 2.21. The molecule has 84 valence electrons. The molecular weight excluding hydrogens is 263 g/mol. The first-order chi connectivity index (χ1) is 7.07. The minimum atomic E-state index is -1.16. The van der Waals surface area contributed by atoms with Crippen LogP contribution in [0, 0.1) is 12.7 Å². The number of rotatable bonds is 4. The Morgan fingerprint density at radius 1 is 1.40 bits per heavy atom. The van der Waals surface area contributed by atoms with Gasteiger partial charge >= 0.3 is 0 Å². The molecule has 1 aromatic carbocycles. The highest BCUT2D eigenvalue weighted by molar-refractivity contribution is 9.09. The Labute approximate surface area is 96.9 Å². The zero-order valence-corrected chi connectivity index (χ0v) is 10.0. The summed E-state index contributed by atoms with van der Waals surface area (Å²) in [6.07, 6.45) is -1.72. The van der Waals surface area contributed by atoms with E-state index in [-0.39, 0.29) is 5.56 Å². The quantitative estimate of drug-likeness (QED) is 0.829. The molecule has 4 heteroatoms. The molecule has 1 rings (SSSR count). The lowest BCUT2D eigenvalue weighted by atomic mass is 10.0. The summed E-state index contributed by atoms with van der Waals surface area (Å²) in [5.41, 5.74) is 0.626. The third kappa shape index (κ3) is 3.00. The molecule has 2 nitrogen and oxygen atoms in total. The monoisotopic (exact) mass is 276 g/mol. The van der Waals surface area contributed by atoms with Gasteiger partial charge in [-0.15, -0.1) is 0 Å². The molecule has 2 atom stereocenters. The minimum absolute atomic E-state index is 0.156. The van der Waals surface area contributed by atoms with Gasteiger partial charge in [0.1, 0.15) is 11.9 Å². The molecule has 0 fully saturated rings. The third-order valence-electron chi connectivity index (χ3n) is 2.31. The average molecular weight is 277 g/mol. The van der Waals surface area contributed by atoms with Gasteiger partial charge in [0, 0.05) is 10.9 Å². The summed E-state index contributed by atoms with van der Waals surface area (Å²) in [5, 5.41) is 19.8. The van der Waals surface area contributed by atoms with Crippen molar-refractivity contribution in [3.8, 4) is 0 Å². The van der Waals surface area contributed by atoms with Crippen LogP contribution >= 0.6 is 15.9 Å². The van der Waals surface area contributed by atoms with Gasteiger partial charge in [0.2, 0.25) is 0 Å². The first-order valence-corrected chi connectivity index (χ1v) is 5.87. The Balaban J connectivity index is 2.90.